The molecule has 3 N–H and O–H groups in total. The quantitative estimate of drug-likeness (QED) is 0.773. The van der Waals surface area contributed by atoms with Gasteiger partial charge in [-0.15, -0.1) is 0 Å². The lowest BCUT2D eigenvalue weighted by atomic mass is 9.89. The fourth-order valence-electron chi connectivity index (χ4n) is 2.69. The molecule has 1 amide bonds. The summed E-state index contributed by atoms with van der Waals surface area (Å²) in [6.07, 6.45) is 0.341. The van der Waals surface area contributed by atoms with E-state index in [1.54, 1.807) is 13.0 Å². The number of amidine groups is 1. The largest absolute Gasteiger partial charge is 0.495 e. The van der Waals surface area contributed by atoms with Crippen LogP contribution in [-0.2, 0) is 10.3 Å². The predicted molar refractivity (Wildman–Crippen MR) is 99.2 cm³/mol. The van der Waals surface area contributed by atoms with E-state index >= 15 is 0 Å². The fourth-order valence-corrected chi connectivity index (χ4v) is 2.69. The molecule has 2 aromatic heterocycles. The Morgan fingerprint density at radius 2 is 2.10 bits per heavy atom. The number of pyridine rings is 2. The molecular formula is C18H18F3N5O4. The topological polar surface area (TPSA) is 121 Å². The SMILES string of the molecule is COc1cnc(OC(=O)Nc2ccc(F)c([C@@]3(C)N=C(N)OCC3(F)F)n2)c(C)c1. The van der Waals surface area contributed by atoms with Crippen LogP contribution in [0.1, 0.15) is 18.2 Å². The van der Waals surface area contributed by atoms with Gasteiger partial charge in [0.1, 0.15) is 23.1 Å². The molecule has 0 fully saturated rings. The maximum Gasteiger partial charge on any atom is 0.419 e. The van der Waals surface area contributed by atoms with Crippen LogP contribution >= 0.6 is 0 Å². The van der Waals surface area contributed by atoms with Crippen LogP contribution in [0.4, 0.5) is 23.8 Å². The maximum atomic E-state index is 14.5. The number of nitrogens with zero attached hydrogens (tertiary/aromatic N) is 3. The molecule has 1 aliphatic rings. The van der Waals surface area contributed by atoms with Gasteiger partial charge in [-0.3, -0.25) is 5.32 Å². The Morgan fingerprint density at radius 1 is 1.37 bits per heavy atom. The predicted octanol–water partition coefficient (Wildman–Crippen LogP) is 2.74. The van der Waals surface area contributed by atoms with Gasteiger partial charge >= 0.3 is 12.0 Å². The van der Waals surface area contributed by atoms with Crippen molar-refractivity contribution < 1.29 is 32.2 Å². The molecule has 0 unspecified atom stereocenters. The number of hydrogen-bond donors (Lipinski definition) is 2. The summed E-state index contributed by atoms with van der Waals surface area (Å²) >= 11 is 0. The first-order valence-corrected chi connectivity index (χ1v) is 8.58. The van der Waals surface area contributed by atoms with Crippen LogP contribution in [0.5, 0.6) is 11.6 Å². The van der Waals surface area contributed by atoms with E-state index in [0.717, 1.165) is 19.1 Å². The molecule has 30 heavy (non-hydrogen) atoms. The van der Waals surface area contributed by atoms with Crippen molar-refractivity contribution in [2.24, 2.45) is 10.7 Å². The van der Waals surface area contributed by atoms with Crippen molar-refractivity contribution in [2.75, 3.05) is 19.0 Å². The molecule has 0 aromatic carbocycles. The van der Waals surface area contributed by atoms with Crippen molar-refractivity contribution in [3.63, 3.8) is 0 Å². The first-order valence-electron chi connectivity index (χ1n) is 8.58. The number of anilines is 1. The number of aromatic nitrogens is 2. The van der Waals surface area contributed by atoms with Crippen molar-refractivity contribution >= 4 is 17.9 Å². The van der Waals surface area contributed by atoms with Gasteiger partial charge in [-0.2, -0.15) is 8.78 Å². The summed E-state index contributed by atoms with van der Waals surface area (Å²) in [6, 6.07) is 3.03. The third-order valence-corrected chi connectivity index (χ3v) is 4.41. The number of carbonyl (C=O) groups is 1. The second-order valence-corrected chi connectivity index (χ2v) is 6.55. The van der Waals surface area contributed by atoms with Gasteiger partial charge in [-0.1, -0.05) is 0 Å². The number of aliphatic imine (C=N–C) groups is 1. The van der Waals surface area contributed by atoms with E-state index in [1.165, 1.54) is 13.3 Å². The highest BCUT2D eigenvalue weighted by Gasteiger charge is 2.57. The molecule has 3 heterocycles. The van der Waals surface area contributed by atoms with E-state index < -0.39 is 41.7 Å². The van der Waals surface area contributed by atoms with E-state index in [4.69, 9.17) is 15.2 Å². The van der Waals surface area contributed by atoms with Gasteiger partial charge in [0.15, 0.2) is 12.1 Å². The highest BCUT2D eigenvalue weighted by atomic mass is 19.3. The summed E-state index contributed by atoms with van der Waals surface area (Å²) < 4.78 is 57.9. The lowest BCUT2D eigenvalue weighted by Gasteiger charge is -2.36. The van der Waals surface area contributed by atoms with Crippen molar-refractivity contribution in [1.82, 2.24) is 9.97 Å². The molecule has 0 aliphatic carbocycles. The third-order valence-electron chi connectivity index (χ3n) is 4.41. The smallest absolute Gasteiger partial charge is 0.419 e. The molecular weight excluding hydrogens is 407 g/mol. The molecule has 0 saturated heterocycles. The average Bonchev–Trinajstić information content (AvgIpc) is 2.68. The van der Waals surface area contributed by atoms with Crippen molar-refractivity contribution in [3.05, 3.63) is 41.5 Å². The van der Waals surface area contributed by atoms with E-state index in [9.17, 15) is 18.0 Å². The van der Waals surface area contributed by atoms with Gasteiger partial charge in [-0.25, -0.2) is 24.1 Å². The standard InChI is InChI=1S/C18H18F3N5O4/c1-9-6-10(28-3)7-23-14(9)30-16(27)25-12-5-4-11(19)13(24-12)17(2)18(20,21)8-29-15(22)26-17/h4-7H,8H2,1-3H3,(H2,22,26)(H,24,25,27)/t17-/m1/s1. The van der Waals surface area contributed by atoms with Gasteiger partial charge in [0, 0.05) is 5.56 Å². The van der Waals surface area contributed by atoms with E-state index in [2.05, 4.69) is 25.0 Å². The van der Waals surface area contributed by atoms with Crippen LogP contribution in [0.3, 0.4) is 0 Å². The number of amides is 1. The number of nitrogens with one attached hydrogen (secondary N) is 1. The van der Waals surface area contributed by atoms with Crippen molar-refractivity contribution in [3.8, 4) is 11.6 Å². The average molecular weight is 425 g/mol. The molecule has 12 heteroatoms. The van der Waals surface area contributed by atoms with Gasteiger partial charge in [-0.05, 0) is 32.0 Å². The van der Waals surface area contributed by atoms with Crippen LogP contribution < -0.4 is 20.5 Å². The molecule has 9 nitrogen and oxygen atoms in total. The summed E-state index contributed by atoms with van der Waals surface area (Å²) in [4.78, 5) is 23.5. The number of halogens is 3. The minimum atomic E-state index is -3.60. The first-order chi connectivity index (χ1) is 14.1. The van der Waals surface area contributed by atoms with Gasteiger partial charge < -0.3 is 19.9 Å². The summed E-state index contributed by atoms with van der Waals surface area (Å²) in [5.74, 6) is -4.43. The maximum absolute atomic E-state index is 14.5. The minimum absolute atomic E-state index is 0.00377. The highest BCUT2D eigenvalue weighted by molar-refractivity contribution is 5.85. The first kappa shape index (κ1) is 21.1. The highest BCUT2D eigenvalue weighted by Crippen LogP contribution is 2.43. The van der Waals surface area contributed by atoms with Gasteiger partial charge in [0.05, 0.1) is 13.3 Å². The number of carbonyl (C=O) groups excluding carboxylic acids is 1. The number of alkyl halides is 2. The number of hydrogen-bond acceptors (Lipinski definition) is 8. The zero-order chi connectivity index (χ0) is 22.1. The molecule has 160 valence electrons. The van der Waals surface area contributed by atoms with E-state index in [0.29, 0.717) is 11.3 Å². The Bertz CT molecular complexity index is 1020. The Balaban J connectivity index is 1.85. The van der Waals surface area contributed by atoms with Crippen molar-refractivity contribution in [2.45, 2.75) is 25.3 Å². The number of rotatable bonds is 4. The fraction of sp³-hybridized carbons (Fsp3) is 0.333. The Labute approximate surface area is 169 Å². The van der Waals surface area contributed by atoms with Crippen LogP contribution in [0.2, 0.25) is 0 Å². The Kier molecular flexibility index (Phi) is 5.42. The molecule has 0 bridgehead atoms. The zero-order valence-corrected chi connectivity index (χ0v) is 16.2. The third kappa shape index (κ3) is 3.93. The second-order valence-electron chi connectivity index (χ2n) is 6.55. The number of methoxy groups -OCH3 is 1. The number of ether oxygens (including phenoxy) is 3. The Morgan fingerprint density at radius 3 is 2.77 bits per heavy atom. The molecule has 2 aromatic rings. The molecule has 0 spiro atoms. The zero-order valence-electron chi connectivity index (χ0n) is 16.2. The molecule has 3 rings (SSSR count). The van der Waals surface area contributed by atoms with E-state index in [-0.39, 0.29) is 11.7 Å². The number of aryl methyl sites for hydroxylation is 1. The minimum Gasteiger partial charge on any atom is -0.495 e. The molecule has 0 radical (unpaired) electrons. The lowest BCUT2D eigenvalue weighted by molar-refractivity contribution is -0.118. The number of nitrogens with two attached hydrogens (primary N) is 1. The van der Waals surface area contributed by atoms with E-state index in [1.807, 2.05) is 0 Å². The summed E-state index contributed by atoms with van der Waals surface area (Å²) in [5, 5.41) is 2.24. The molecule has 1 aliphatic heterocycles. The molecule has 1 atom stereocenters. The van der Waals surface area contributed by atoms with Gasteiger partial charge in [0.25, 0.3) is 6.02 Å². The normalized spacial score (nSPS) is 20.0. The summed E-state index contributed by atoms with van der Waals surface area (Å²) in [6.45, 7) is 1.52. The van der Waals surface area contributed by atoms with Gasteiger partial charge in [0.2, 0.25) is 5.88 Å². The van der Waals surface area contributed by atoms with Crippen LogP contribution in [0, 0.1) is 12.7 Å². The summed E-state index contributed by atoms with van der Waals surface area (Å²) in [5.41, 5.74) is 2.76. The molecule has 0 saturated carbocycles. The monoisotopic (exact) mass is 425 g/mol. The van der Waals surface area contributed by atoms with Crippen molar-refractivity contribution in [1.29, 1.82) is 0 Å². The lowest BCUT2D eigenvalue weighted by Crippen LogP contribution is -2.51. The summed E-state index contributed by atoms with van der Waals surface area (Å²) in [7, 11) is 1.46. The van der Waals surface area contributed by atoms with Crippen LogP contribution in [0.15, 0.2) is 29.4 Å². The van der Waals surface area contributed by atoms with Crippen LogP contribution in [0.25, 0.3) is 0 Å². The van der Waals surface area contributed by atoms with Crippen LogP contribution in [-0.4, -0.2) is 41.7 Å². The second kappa shape index (κ2) is 7.69. The Hall–Kier alpha value is -3.57.